The number of nitrogens with one attached hydrogen (secondary N) is 1. The Morgan fingerprint density at radius 2 is 1.74 bits per heavy atom. The number of hydrogen-bond acceptors (Lipinski definition) is 4. The molecule has 0 radical (unpaired) electrons. The molecule has 1 aliphatic heterocycles. The van der Waals surface area contributed by atoms with Crippen LogP contribution < -0.4 is 5.32 Å². The number of anilines is 1. The van der Waals surface area contributed by atoms with Crippen LogP contribution >= 0.6 is 11.6 Å². The first-order valence-electron chi connectivity index (χ1n) is 8.79. The molecule has 146 valence electrons. The highest BCUT2D eigenvalue weighted by Crippen LogP contribution is 2.31. The number of carboxylic acids is 1. The van der Waals surface area contributed by atoms with Gasteiger partial charge >= 0.3 is 5.97 Å². The summed E-state index contributed by atoms with van der Waals surface area (Å²) in [6.45, 7) is 0.947. The van der Waals surface area contributed by atoms with Crippen molar-refractivity contribution >= 4 is 39.2 Å². The Bertz CT molecular complexity index is 878. The lowest BCUT2D eigenvalue weighted by molar-refractivity contribution is -0.146. The SMILES string of the molecule is O=C(O)[C@@H]1CC=CC[C@H]1C(=O)Nc1cc(S(=O)(=O)N2CCCC2)ccc1Cl. The molecule has 0 spiro atoms. The topological polar surface area (TPSA) is 104 Å². The van der Waals surface area contributed by atoms with Crippen molar-refractivity contribution in [2.75, 3.05) is 18.4 Å². The number of halogens is 1. The van der Waals surface area contributed by atoms with Crippen molar-refractivity contribution in [1.29, 1.82) is 0 Å². The van der Waals surface area contributed by atoms with Gasteiger partial charge in [-0.1, -0.05) is 23.8 Å². The lowest BCUT2D eigenvalue weighted by atomic mass is 9.82. The Labute approximate surface area is 163 Å². The van der Waals surface area contributed by atoms with E-state index in [0.29, 0.717) is 19.5 Å². The highest BCUT2D eigenvalue weighted by atomic mass is 35.5. The van der Waals surface area contributed by atoms with Crippen molar-refractivity contribution < 1.29 is 23.1 Å². The Morgan fingerprint density at radius 3 is 2.37 bits per heavy atom. The molecule has 0 bridgehead atoms. The van der Waals surface area contributed by atoms with E-state index in [1.807, 2.05) is 0 Å². The number of carbonyl (C=O) groups is 2. The van der Waals surface area contributed by atoms with E-state index in [9.17, 15) is 23.1 Å². The fourth-order valence-corrected chi connectivity index (χ4v) is 5.15. The van der Waals surface area contributed by atoms with Crippen molar-refractivity contribution in [3.63, 3.8) is 0 Å². The fourth-order valence-electron chi connectivity index (χ4n) is 3.44. The minimum Gasteiger partial charge on any atom is -0.481 e. The zero-order valence-electron chi connectivity index (χ0n) is 14.6. The van der Waals surface area contributed by atoms with E-state index in [1.54, 1.807) is 12.2 Å². The van der Waals surface area contributed by atoms with E-state index in [2.05, 4.69) is 5.32 Å². The van der Waals surface area contributed by atoms with E-state index in [4.69, 9.17) is 11.6 Å². The molecular formula is C18H21ClN2O5S. The van der Waals surface area contributed by atoms with Gasteiger partial charge < -0.3 is 10.4 Å². The average Bonchev–Trinajstić information content (AvgIpc) is 3.19. The molecule has 1 aromatic carbocycles. The molecule has 7 nitrogen and oxygen atoms in total. The third kappa shape index (κ3) is 4.17. The smallest absolute Gasteiger partial charge is 0.307 e. The standard InChI is InChI=1S/C18H21ClN2O5S/c19-15-8-7-12(27(25,26)21-9-3-4-10-21)11-16(15)20-17(22)13-5-1-2-6-14(13)18(23)24/h1-2,7-8,11,13-14H,3-6,9-10H2,(H,20,22)(H,23,24)/t13-,14-/m1/s1. The zero-order valence-corrected chi connectivity index (χ0v) is 16.2. The van der Waals surface area contributed by atoms with E-state index in [1.165, 1.54) is 22.5 Å². The normalized spacial score (nSPS) is 23.3. The van der Waals surface area contributed by atoms with E-state index in [0.717, 1.165) is 12.8 Å². The van der Waals surface area contributed by atoms with E-state index >= 15 is 0 Å². The molecule has 3 rings (SSSR count). The molecule has 1 amide bonds. The highest BCUT2D eigenvalue weighted by molar-refractivity contribution is 7.89. The molecule has 9 heteroatoms. The van der Waals surface area contributed by atoms with Crippen LogP contribution in [0.5, 0.6) is 0 Å². The number of rotatable bonds is 5. The van der Waals surface area contributed by atoms with Crippen molar-refractivity contribution in [2.45, 2.75) is 30.6 Å². The molecule has 0 unspecified atom stereocenters. The molecule has 1 fully saturated rings. The summed E-state index contributed by atoms with van der Waals surface area (Å²) in [5.41, 5.74) is 0.167. The monoisotopic (exact) mass is 412 g/mol. The molecule has 1 aromatic rings. The summed E-state index contributed by atoms with van der Waals surface area (Å²) in [4.78, 5) is 24.1. The summed E-state index contributed by atoms with van der Waals surface area (Å²) in [6.07, 6.45) is 5.76. The van der Waals surface area contributed by atoms with Gasteiger partial charge in [0.25, 0.3) is 0 Å². The second-order valence-corrected chi connectivity index (χ2v) is 9.08. The number of benzene rings is 1. The maximum Gasteiger partial charge on any atom is 0.307 e. The molecule has 27 heavy (non-hydrogen) atoms. The van der Waals surface area contributed by atoms with E-state index < -0.39 is 33.7 Å². The van der Waals surface area contributed by atoms with Crippen LogP contribution in [0.4, 0.5) is 5.69 Å². The molecular weight excluding hydrogens is 392 g/mol. The number of hydrogen-bond donors (Lipinski definition) is 2. The Morgan fingerprint density at radius 1 is 1.11 bits per heavy atom. The largest absolute Gasteiger partial charge is 0.481 e. The van der Waals surface area contributed by atoms with Gasteiger partial charge in [0.1, 0.15) is 0 Å². The minimum absolute atomic E-state index is 0.0578. The molecule has 2 N–H and O–H groups in total. The number of allylic oxidation sites excluding steroid dienone is 2. The van der Waals surface area contributed by atoms with Crippen LogP contribution in [-0.2, 0) is 19.6 Å². The molecule has 1 heterocycles. The Hall–Kier alpha value is -1.90. The number of carboxylic acid groups (broad SMARTS) is 1. The van der Waals surface area contributed by atoms with Gasteiger partial charge in [-0.15, -0.1) is 0 Å². The summed E-state index contributed by atoms with van der Waals surface area (Å²) in [6, 6.07) is 4.17. The summed E-state index contributed by atoms with van der Waals surface area (Å²) in [7, 11) is -3.64. The van der Waals surface area contributed by atoms with Gasteiger partial charge in [0, 0.05) is 13.1 Å². The third-order valence-electron chi connectivity index (χ3n) is 4.98. The number of carbonyl (C=O) groups excluding carboxylic acids is 1. The van der Waals surface area contributed by atoms with Gasteiger partial charge in [-0.2, -0.15) is 4.31 Å². The average molecular weight is 413 g/mol. The van der Waals surface area contributed by atoms with Gasteiger partial charge in [-0.05, 0) is 43.9 Å². The van der Waals surface area contributed by atoms with Crippen molar-refractivity contribution in [1.82, 2.24) is 4.31 Å². The van der Waals surface area contributed by atoms with Crippen LogP contribution in [0.2, 0.25) is 5.02 Å². The molecule has 1 aliphatic carbocycles. The third-order valence-corrected chi connectivity index (χ3v) is 7.21. The molecule has 2 aliphatic rings. The van der Waals surface area contributed by atoms with Gasteiger partial charge in [0.15, 0.2) is 0 Å². The maximum absolute atomic E-state index is 12.7. The first-order valence-corrected chi connectivity index (χ1v) is 10.6. The Kier molecular flexibility index (Phi) is 5.88. The minimum atomic E-state index is -3.64. The van der Waals surface area contributed by atoms with Crippen LogP contribution in [0.15, 0.2) is 35.2 Å². The van der Waals surface area contributed by atoms with Crippen LogP contribution in [0.1, 0.15) is 25.7 Å². The van der Waals surface area contributed by atoms with Gasteiger partial charge in [0.05, 0.1) is 27.4 Å². The highest BCUT2D eigenvalue weighted by Gasteiger charge is 2.34. The zero-order chi connectivity index (χ0) is 19.6. The molecule has 0 aromatic heterocycles. The lowest BCUT2D eigenvalue weighted by Crippen LogP contribution is -2.35. The molecule has 2 atom stereocenters. The first-order chi connectivity index (χ1) is 12.8. The lowest BCUT2D eigenvalue weighted by Gasteiger charge is -2.24. The van der Waals surface area contributed by atoms with Crippen molar-refractivity contribution in [3.8, 4) is 0 Å². The number of nitrogens with zero attached hydrogens (tertiary/aromatic N) is 1. The second kappa shape index (κ2) is 8.00. The van der Waals surface area contributed by atoms with Crippen molar-refractivity contribution in [3.05, 3.63) is 35.4 Å². The predicted octanol–water partition coefficient (Wildman–Crippen LogP) is 2.73. The van der Waals surface area contributed by atoms with Gasteiger partial charge in [0.2, 0.25) is 15.9 Å². The summed E-state index contributed by atoms with van der Waals surface area (Å²) < 4.78 is 26.8. The summed E-state index contributed by atoms with van der Waals surface area (Å²) in [5.74, 6) is -3.06. The molecule has 1 saturated heterocycles. The summed E-state index contributed by atoms with van der Waals surface area (Å²) >= 11 is 6.13. The van der Waals surface area contributed by atoms with Crippen molar-refractivity contribution in [2.24, 2.45) is 11.8 Å². The quantitative estimate of drug-likeness (QED) is 0.723. The number of aliphatic carboxylic acids is 1. The molecule has 0 saturated carbocycles. The van der Waals surface area contributed by atoms with Gasteiger partial charge in [-0.3, -0.25) is 9.59 Å². The predicted molar refractivity (Wildman–Crippen MR) is 101 cm³/mol. The van der Waals surface area contributed by atoms with E-state index in [-0.39, 0.29) is 22.0 Å². The van der Waals surface area contributed by atoms with Crippen LogP contribution in [0.25, 0.3) is 0 Å². The van der Waals surface area contributed by atoms with Crippen LogP contribution in [0, 0.1) is 11.8 Å². The van der Waals surface area contributed by atoms with Crippen LogP contribution in [0.3, 0.4) is 0 Å². The number of amides is 1. The second-order valence-electron chi connectivity index (χ2n) is 6.74. The number of sulfonamides is 1. The summed E-state index contributed by atoms with van der Waals surface area (Å²) in [5, 5.41) is 12.1. The van der Waals surface area contributed by atoms with Crippen LogP contribution in [-0.4, -0.2) is 42.8 Å². The maximum atomic E-state index is 12.7. The van der Waals surface area contributed by atoms with Gasteiger partial charge in [-0.25, -0.2) is 8.42 Å². The Balaban J connectivity index is 1.83. The first kappa shape index (κ1) is 19.9. The fraction of sp³-hybridized carbons (Fsp3) is 0.444.